The minimum absolute atomic E-state index is 0.198. The average Bonchev–Trinajstić information content (AvgIpc) is 2.25. The molecule has 0 aromatic rings. The van der Waals surface area contributed by atoms with Crippen LogP contribution >= 0.6 is 11.6 Å². The molecule has 92 valence electrons. The van der Waals surface area contributed by atoms with E-state index in [0.29, 0.717) is 5.92 Å². The number of rotatable bonds is 2. The highest BCUT2D eigenvalue weighted by atomic mass is 35.5. The van der Waals surface area contributed by atoms with Gasteiger partial charge in [-0.3, -0.25) is 0 Å². The van der Waals surface area contributed by atoms with Crippen LogP contribution in [0.4, 0.5) is 0 Å². The third-order valence-electron chi connectivity index (χ3n) is 3.82. The Balaban J connectivity index is 2.04. The fourth-order valence-electron chi connectivity index (χ4n) is 2.67. The second kappa shape index (κ2) is 5.27. The van der Waals surface area contributed by atoms with Crippen LogP contribution in [0.3, 0.4) is 0 Å². The van der Waals surface area contributed by atoms with Crippen molar-refractivity contribution in [1.82, 2.24) is 0 Å². The molecule has 2 aliphatic rings. The van der Waals surface area contributed by atoms with Crippen LogP contribution in [0.15, 0.2) is 46.6 Å². The van der Waals surface area contributed by atoms with Crippen LogP contribution in [-0.4, -0.2) is 5.38 Å². The molecule has 0 bridgehead atoms. The molecule has 0 nitrogen and oxygen atoms in total. The molecule has 2 unspecified atom stereocenters. The van der Waals surface area contributed by atoms with Gasteiger partial charge in [0.25, 0.3) is 0 Å². The maximum Gasteiger partial charge on any atom is 0.0556 e. The summed E-state index contributed by atoms with van der Waals surface area (Å²) in [5.74, 6) is 0.681. The molecule has 0 saturated carbocycles. The van der Waals surface area contributed by atoms with Crippen LogP contribution in [0.1, 0.15) is 40.0 Å². The first-order valence-corrected chi connectivity index (χ1v) is 6.86. The van der Waals surface area contributed by atoms with Gasteiger partial charge in [-0.2, -0.15) is 0 Å². The zero-order chi connectivity index (χ0) is 12.4. The van der Waals surface area contributed by atoms with E-state index in [1.165, 1.54) is 28.7 Å². The van der Waals surface area contributed by atoms with E-state index in [1.54, 1.807) is 0 Å². The molecule has 0 saturated heterocycles. The minimum atomic E-state index is 0.198. The van der Waals surface area contributed by atoms with Gasteiger partial charge >= 0.3 is 0 Å². The molecule has 0 spiro atoms. The molecule has 0 radical (unpaired) electrons. The van der Waals surface area contributed by atoms with Crippen LogP contribution in [0, 0.1) is 5.92 Å². The highest BCUT2D eigenvalue weighted by molar-refractivity contribution is 6.22. The molecule has 17 heavy (non-hydrogen) atoms. The van der Waals surface area contributed by atoms with E-state index in [2.05, 4.69) is 45.1 Å². The third-order valence-corrected chi connectivity index (χ3v) is 4.12. The standard InChI is InChI=1S/C16H21Cl/c1-11-4-5-14(12(2)8-11)10-15-6-7-16(17)9-13(15)3/h4,6,8-9,14,16H,5,7,10H2,1-3H3. The van der Waals surface area contributed by atoms with Crippen LogP contribution in [0.25, 0.3) is 0 Å². The van der Waals surface area contributed by atoms with Crippen molar-refractivity contribution in [1.29, 1.82) is 0 Å². The quantitative estimate of drug-likeness (QED) is 0.591. The molecular weight excluding hydrogens is 228 g/mol. The zero-order valence-corrected chi connectivity index (χ0v) is 11.7. The van der Waals surface area contributed by atoms with Crippen molar-refractivity contribution in [2.24, 2.45) is 5.92 Å². The van der Waals surface area contributed by atoms with E-state index >= 15 is 0 Å². The fraction of sp³-hybridized carbons (Fsp3) is 0.500. The van der Waals surface area contributed by atoms with E-state index in [1.807, 2.05) is 0 Å². The summed E-state index contributed by atoms with van der Waals surface area (Å²) >= 11 is 6.13. The molecule has 0 N–H and O–H groups in total. The van der Waals surface area contributed by atoms with Crippen molar-refractivity contribution in [3.63, 3.8) is 0 Å². The van der Waals surface area contributed by atoms with Crippen LogP contribution in [0.5, 0.6) is 0 Å². The van der Waals surface area contributed by atoms with E-state index in [4.69, 9.17) is 11.6 Å². The Hall–Kier alpha value is -0.750. The molecule has 2 aliphatic carbocycles. The van der Waals surface area contributed by atoms with Crippen LogP contribution in [0.2, 0.25) is 0 Å². The SMILES string of the molecule is CC1=CCC(CC2=CCC(Cl)C=C2C)C(C)=C1. The molecule has 2 atom stereocenters. The number of hydrogen-bond donors (Lipinski definition) is 0. The number of hydrogen-bond acceptors (Lipinski definition) is 0. The topological polar surface area (TPSA) is 0 Å². The van der Waals surface area contributed by atoms with E-state index in [0.717, 1.165) is 12.8 Å². The Morgan fingerprint density at radius 1 is 1.18 bits per heavy atom. The summed E-state index contributed by atoms with van der Waals surface area (Å²) in [5, 5.41) is 0.198. The normalized spacial score (nSPS) is 29.2. The van der Waals surface area contributed by atoms with Crippen molar-refractivity contribution in [3.05, 3.63) is 46.6 Å². The molecule has 1 heteroatoms. The number of allylic oxidation sites excluding steroid dienone is 8. The van der Waals surface area contributed by atoms with Crippen molar-refractivity contribution in [2.45, 2.75) is 45.4 Å². The summed E-state index contributed by atoms with van der Waals surface area (Å²) in [6, 6.07) is 0. The monoisotopic (exact) mass is 248 g/mol. The predicted octanol–water partition coefficient (Wildman–Crippen LogP) is 5.17. The molecule has 0 aromatic carbocycles. The van der Waals surface area contributed by atoms with E-state index < -0.39 is 0 Å². The van der Waals surface area contributed by atoms with Gasteiger partial charge in [0, 0.05) is 0 Å². The maximum atomic E-state index is 6.13. The Morgan fingerprint density at radius 3 is 2.59 bits per heavy atom. The second-order valence-corrected chi connectivity index (χ2v) is 5.86. The molecule has 2 rings (SSSR count). The van der Waals surface area contributed by atoms with Gasteiger partial charge in [-0.25, -0.2) is 0 Å². The first-order chi connectivity index (χ1) is 8.06. The van der Waals surface area contributed by atoms with Gasteiger partial charge < -0.3 is 0 Å². The first-order valence-electron chi connectivity index (χ1n) is 6.43. The lowest BCUT2D eigenvalue weighted by molar-refractivity contribution is 0.605. The van der Waals surface area contributed by atoms with Gasteiger partial charge in [0.05, 0.1) is 5.38 Å². The summed E-state index contributed by atoms with van der Waals surface area (Å²) < 4.78 is 0. The average molecular weight is 249 g/mol. The lowest BCUT2D eigenvalue weighted by Gasteiger charge is -2.24. The Labute approximate surface area is 110 Å². The molecule has 0 fully saturated rings. The summed E-state index contributed by atoms with van der Waals surface area (Å²) in [6.45, 7) is 6.63. The van der Waals surface area contributed by atoms with Crippen molar-refractivity contribution in [2.75, 3.05) is 0 Å². The maximum absolute atomic E-state index is 6.13. The summed E-state index contributed by atoms with van der Waals surface area (Å²) in [7, 11) is 0. The number of alkyl halides is 1. The van der Waals surface area contributed by atoms with Crippen LogP contribution in [-0.2, 0) is 0 Å². The largest absolute Gasteiger partial charge is 0.118 e. The molecule has 0 aromatic heterocycles. The zero-order valence-electron chi connectivity index (χ0n) is 11.0. The van der Waals surface area contributed by atoms with Crippen molar-refractivity contribution in [3.8, 4) is 0 Å². The van der Waals surface area contributed by atoms with Gasteiger partial charge in [-0.15, -0.1) is 11.6 Å². The molecule has 0 heterocycles. The number of halogens is 1. The van der Waals surface area contributed by atoms with Gasteiger partial charge in [-0.1, -0.05) is 41.0 Å². The van der Waals surface area contributed by atoms with Gasteiger partial charge in [0.1, 0.15) is 0 Å². The van der Waals surface area contributed by atoms with Crippen molar-refractivity contribution >= 4 is 11.6 Å². The minimum Gasteiger partial charge on any atom is -0.118 e. The van der Waals surface area contributed by atoms with Crippen molar-refractivity contribution < 1.29 is 0 Å². The summed E-state index contributed by atoms with van der Waals surface area (Å²) in [6.07, 6.45) is 12.5. The van der Waals surface area contributed by atoms with E-state index in [9.17, 15) is 0 Å². The first kappa shape index (κ1) is 12.7. The van der Waals surface area contributed by atoms with Gasteiger partial charge in [0.2, 0.25) is 0 Å². The summed E-state index contributed by atoms with van der Waals surface area (Å²) in [4.78, 5) is 0. The lowest BCUT2D eigenvalue weighted by atomic mass is 9.82. The Morgan fingerprint density at radius 2 is 1.94 bits per heavy atom. The van der Waals surface area contributed by atoms with Crippen LogP contribution < -0.4 is 0 Å². The lowest BCUT2D eigenvalue weighted by Crippen LogP contribution is -2.10. The highest BCUT2D eigenvalue weighted by Crippen LogP contribution is 2.33. The highest BCUT2D eigenvalue weighted by Gasteiger charge is 2.18. The van der Waals surface area contributed by atoms with E-state index in [-0.39, 0.29) is 5.38 Å². The van der Waals surface area contributed by atoms with Gasteiger partial charge in [0.15, 0.2) is 0 Å². The molecule has 0 aliphatic heterocycles. The molecular formula is C16H21Cl. The Kier molecular flexibility index (Phi) is 3.93. The van der Waals surface area contributed by atoms with Gasteiger partial charge in [-0.05, 0) is 51.5 Å². The molecule has 0 amide bonds. The fourth-order valence-corrected chi connectivity index (χ4v) is 2.94. The predicted molar refractivity (Wildman–Crippen MR) is 76.3 cm³/mol. The second-order valence-electron chi connectivity index (χ2n) is 5.30. The Bertz CT molecular complexity index is 421. The summed E-state index contributed by atoms with van der Waals surface area (Å²) in [5.41, 5.74) is 5.79. The third kappa shape index (κ3) is 3.13. The smallest absolute Gasteiger partial charge is 0.0556 e.